The maximum Gasteiger partial charge on any atom is 0.227 e. The van der Waals surface area contributed by atoms with Crippen LogP contribution >= 0.6 is 0 Å². The largest absolute Gasteiger partial charge is 0.339 e. The van der Waals surface area contributed by atoms with Crippen LogP contribution in [0.25, 0.3) is 11.4 Å². The van der Waals surface area contributed by atoms with Crippen LogP contribution < -0.4 is 5.73 Å². The van der Waals surface area contributed by atoms with Crippen LogP contribution in [0.3, 0.4) is 0 Å². The van der Waals surface area contributed by atoms with Gasteiger partial charge in [-0.1, -0.05) is 43.3 Å². The van der Waals surface area contributed by atoms with Gasteiger partial charge in [0.2, 0.25) is 11.7 Å². The van der Waals surface area contributed by atoms with Crippen LogP contribution in [0.2, 0.25) is 0 Å². The first-order chi connectivity index (χ1) is 10.4. The molecule has 2 rings (SSSR count). The van der Waals surface area contributed by atoms with Gasteiger partial charge in [0.05, 0.1) is 11.5 Å². The fraction of sp³-hybridized carbons (Fsp3) is 0.467. The molecule has 7 heteroatoms. The number of nitrogens with zero attached hydrogens (tertiary/aromatic N) is 2. The summed E-state index contributed by atoms with van der Waals surface area (Å²) in [5.41, 5.74) is 7.39. The van der Waals surface area contributed by atoms with Gasteiger partial charge < -0.3 is 10.3 Å². The molecule has 0 bridgehead atoms. The molecular weight excluding hydrogens is 302 g/mol. The molecular formula is C15H21N3O3S. The predicted molar refractivity (Wildman–Crippen MR) is 84.8 cm³/mol. The van der Waals surface area contributed by atoms with Crippen molar-refractivity contribution in [2.45, 2.75) is 26.8 Å². The molecule has 0 amide bonds. The lowest BCUT2D eigenvalue weighted by Crippen LogP contribution is -2.16. The number of hydrogen-bond donors (Lipinski definition) is 1. The van der Waals surface area contributed by atoms with Gasteiger partial charge in [-0.05, 0) is 11.5 Å². The third kappa shape index (κ3) is 4.64. The van der Waals surface area contributed by atoms with Gasteiger partial charge in [0, 0.05) is 18.5 Å². The molecule has 1 aromatic carbocycles. The first-order valence-corrected chi connectivity index (χ1v) is 9.04. The summed E-state index contributed by atoms with van der Waals surface area (Å²) >= 11 is 0. The molecule has 6 nitrogen and oxygen atoms in total. The zero-order chi connectivity index (χ0) is 16.2. The lowest BCUT2D eigenvalue weighted by atomic mass is 10.1. The van der Waals surface area contributed by atoms with Gasteiger partial charge >= 0.3 is 0 Å². The van der Waals surface area contributed by atoms with E-state index >= 15 is 0 Å². The Morgan fingerprint density at radius 3 is 2.50 bits per heavy atom. The normalized spacial score (nSPS) is 12.0. The smallest absolute Gasteiger partial charge is 0.227 e. The molecule has 0 aliphatic heterocycles. The summed E-state index contributed by atoms with van der Waals surface area (Å²) in [6.45, 7) is 4.24. The third-order valence-electron chi connectivity index (χ3n) is 3.13. The van der Waals surface area contributed by atoms with Crippen molar-refractivity contribution in [2.75, 3.05) is 11.5 Å². The lowest BCUT2D eigenvalue weighted by molar-refractivity contribution is 0.382. The fourth-order valence-corrected chi connectivity index (χ4v) is 3.77. The Balaban J connectivity index is 2.02. The van der Waals surface area contributed by atoms with Crippen molar-refractivity contribution in [2.24, 2.45) is 11.7 Å². The fourth-order valence-electron chi connectivity index (χ4n) is 2.10. The van der Waals surface area contributed by atoms with Crippen LogP contribution in [0.15, 0.2) is 28.8 Å². The zero-order valence-electron chi connectivity index (χ0n) is 12.8. The number of sulfone groups is 1. The summed E-state index contributed by atoms with van der Waals surface area (Å²) in [7, 11) is -3.09. The van der Waals surface area contributed by atoms with E-state index in [0.29, 0.717) is 18.3 Å². The number of hydrogen-bond acceptors (Lipinski definition) is 6. The summed E-state index contributed by atoms with van der Waals surface area (Å²) < 4.78 is 28.8. The number of nitrogens with two attached hydrogens (primary N) is 1. The number of rotatable bonds is 7. The quantitative estimate of drug-likeness (QED) is 0.834. The Kier molecular flexibility index (Phi) is 5.31. The van der Waals surface area contributed by atoms with Crippen LogP contribution in [-0.4, -0.2) is 30.1 Å². The van der Waals surface area contributed by atoms with Gasteiger partial charge in [0.1, 0.15) is 0 Å². The molecule has 22 heavy (non-hydrogen) atoms. The van der Waals surface area contributed by atoms with E-state index in [4.69, 9.17) is 10.3 Å². The first kappa shape index (κ1) is 16.6. The molecule has 0 unspecified atom stereocenters. The van der Waals surface area contributed by atoms with Crippen molar-refractivity contribution in [1.82, 2.24) is 10.1 Å². The molecule has 0 atom stereocenters. The molecule has 0 aliphatic rings. The number of aryl methyl sites for hydroxylation is 1. The van der Waals surface area contributed by atoms with E-state index in [0.717, 1.165) is 11.1 Å². The molecule has 0 saturated heterocycles. The van der Waals surface area contributed by atoms with E-state index in [9.17, 15) is 8.42 Å². The minimum Gasteiger partial charge on any atom is -0.339 e. The highest BCUT2D eigenvalue weighted by Gasteiger charge is 2.16. The monoisotopic (exact) mass is 323 g/mol. The minimum atomic E-state index is -3.09. The Morgan fingerprint density at radius 1 is 1.23 bits per heavy atom. The summed E-state index contributed by atoms with van der Waals surface area (Å²) in [6, 6.07) is 7.54. The second-order valence-corrected chi connectivity index (χ2v) is 7.90. The molecule has 0 spiro atoms. The topological polar surface area (TPSA) is 99.1 Å². The van der Waals surface area contributed by atoms with E-state index in [1.54, 1.807) is 0 Å². The van der Waals surface area contributed by atoms with Crippen LogP contribution in [-0.2, 0) is 22.8 Å². The summed E-state index contributed by atoms with van der Waals surface area (Å²) in [5, 5.41) is 3.89. The van der Waals surface area contributed by atoms with Gasteiger partial charge in [-0.2, -0.15) is 4.98 Å². The predicted octanol–water partition coefficient (Wildman–Crippen LogP) is 1.81. The highest BCUT2D eigenvalue weighted by molar-refractivity contribution is 7.91. The molecule has 1 heterocycles. The maximum atomic E-state index is 11.9. The van der Waals surface area contributed by atoms with Gasteiger partial charge in [0.25, 0.3) is 0 Å². The highest BCUT2D eigenvalue weighted by atomic mass is 32.2. The van der Waals surface area contributed by atoms with E-state index in [1.165, 1.54) is 0 Å². The zero-order valence-corrected chi connectivity index (χ0v) is 13.6. The standard InChI is InChI=1S/C15H21N3O3S/c1-11(2)10-22(19,20)8-7-14-17-15(18-21-14)13-5-3-12(9-16)4-6-13/h3-6,11H,7-10,16H2,1-2H3. The van der Waals surface area contributed by atoms with Crippen molar-refractivity contribution in [1.29, 1.82) is 0 Å². The van der Waals surface area contributed by atoms with Crippen LogP contribution in [0.4, 0.5) is 0 Å². The van der Waals surface area contributed by atoms with Crippen molar-refractivity contribution < 1.29 is 12.9 Å². The summed E-state index contributed by atoms with van der Waals surface area (Å²) in [5.74, 6) is 1.11. The van der Waals surface area contributed by atoms with Gasteiger partial charge in [-0.25, -0.2) is 8.42 Å². The Labute approximate surface area is 130 Å². The van der Waals surface area contributed by atoms with E-state index in [2.05, 4.69) is 10.1 Å². The lowest BCUT2D eigenvalue weighted by Gasteiger charge is -2.04. The molecule has 0 fully saturated rings. The summed E-state index contributed by atoms with van der Waals surface area (Å²) in [4.78, 5) is 4.24. The molecule has 0 aliphatic carbocycles. The van der Waals surface area contributed by atoms with Gasteiger partial charge in [-0.15, -0.1) is 0 Å². The Bertz CT molecular complexity index is 706. The molecule has 120 valence electrons. The Morgan fingerprint density at radius 2 is 1.91 bits per heavy atom. The van der Waals surface area contributed by atoms with Gasteiger partial charge in [-0.3, -0.25) is 0 Å². The molecule has 1 aromatic heterocycles. The van der Waals surface area contributed by atoms with Crippen LogP contribution in [0.1, 0.15) is 25.3 Å². The van der Waals surface area contributed by atoms with Crippen molar-refractivity contribution in [3.05, 3.63) is 35.7 Å². The minimum absolute atomic E-state index is 0.0267. The number of benzene rings is 1. The Hall–Kier alpha value is -1.73. The van der Waals surface area contributed by atoms with E-state index in [-0.39, 0.29) is 23.8 Å². The maximum absolute atomic E-state index is 11.9. The first-order valence-electron chi connectivity index (χ1n) is 7.22. The average molecular weight is 323 g/mol. The average Bonchev–Trinajstić information content (AvgIpc) is 2.93. The molecule has 0 radical (unpaired) electrons. The highest BCUT2D eigenvalue weighted by Crippen LogP contribution is 2.17. The molecule has 2 aromatic rings. The van der Waals surface area contributed by atoms with Crippen molar-refractivity contribution in [3.63, 3.8) is 0 Å². The van der Waals surface area contributed by atoms with E-state index < -0.39 is 9.84 Å². The second-order valence-electron chi connectivity index (χ2n) is 5.67. The second kappa shape index (κ2) is 7.02. The van der Waals surface area contributed by atoms with E-state index in [1.807, 2.05) is 38.1 Å². The number of aromatic nitrogens is 2. The van der Waals surface area contributed by atoms with Gasteiger partial charge in [0.15, 0.2) is 9.84 Å². The molecule has 2 N–H and O–H groups in total. The summed E-state index contributed by atoms with van der Waals surface area (Å²) in [6.07, 6.45) is 0.239. The van der Waals surface area contributed by atoms with Crippen LogP contribution in [0.5, 0.6) is 0 Å². The molecule has 0 saturated carbocycles. The SMILES string of the molecule is CC(C)CS(=O)(=O)CCc1nc(-c2ccc(CN)cc2)no1. The van der Waals surface area contributed by atoms with Crippen molar-refractivity contribution >= 4 is 9.84 Å². The van der Waals surface area contributed by atoms with Crippen LogP contribution in [0, 0.1) is 5.92 Å². The third-order valence-corrected chi connectivity index (χ3v) is 5.13. The van der Waals surface area contributed by atoms with Crippen molar-refractivity contribution in [3.8, 4) is 11.4 Å².